The van der Waals surface area contributed by atoms with Crippen molar-refractivity contribution in [3.8, 4) is 11.4 Å². The molecule has 1 N–H and O–H groups in total. The number of hydrogen-bond donors (Lipinski definition) is 1. The number of nitrogens with one attached hydrogen (secondary N) is 1. The Bertz CT molecular complexity index is 697. The molecule has 0 atom stereocenters. The lowest BCUT2D eigenvalue weighted by Gasteiger charge is -2.37. The number of ether oxygens (including phenoxy) is 1. The normalized spacial score (nSPS) is 15.9. The van der Waals surface area contributed by atoms with Gasteiger partial charge >= 0.3 is 0 Å². The Balaban J connectivity index is 1.85. The first-order valence-corrected chi connectivity index (χ1v) is 9.02. The molecule has 1 aliphatic rings. The molecule has 140 valence electrons. The van der Waals surface area contributed by atoms with Crippen LogP contribution < -0.4 is 0 Å². The van der Waals surface area contributed by atoms with Crippen molar-refractivity contribution in [3.05, 3.63) is 29.8 Å². The zero-order valence-electron chi connectivity index (χ0n) is 15.4. The number of rotatable bonds is 7. The van der Waals surface area contributed by atoms with Gasteiger partial charge in [0, 0.05) is 31.9 Å². The fourth-order valence-electron chi connectivity index (χ4n) is 3.43. The van der Waals surface area contributed by atoms with Crippen molar-refractivity contribution in [1.82, 2.24) is 30.4 Å². The molecule has 1 aliphatic heterocycles. The molecule has 1 amide bonds. The second kappa shape index (κ2) is 8.86. The zero-order valence-corrected chi connectivity index (χ0v) is 15.4. The number of carbonyl (C=O) groups excluding carboxylic acids is 1. The number of likely N-dealkylation sites (tertiary alicyclic amines) is 1. The molecule has 26 heavy (non-hydrogen) atoms. The minimum atomic E-state index is 0.0241. The van der Waals surface area contributed by atoms with Gasteiger partial charge in [-0.05, 0) is 50.7 Å². The first kappa shape index (κ1) is 18.5. The van der Waals surface area contributed by atoms with E-state index in [4.69, 9.17) is 4.74 Å². The van der Waals surface area contributed by atoms with Gasteiger partial charge in [-0.3, -0.25) is 4.79 Å². The highest BCUT2D eigenvalue weighted by atomic mass is 16.5. The van der Waals surface area contributed by atoms with Gasteiger partial charge in [-0.25, -0.2) is 0 Å². The third-order valence-corrected chi connectivity index (χ3v) is 4.88. The van der Waals surface area contributed by atoms with Gasteiger partial charge < -0.3 is 14.5 Å². The molecular formula is C18H26N6O2. The Hall–Kier alpha value is -2.32. The predicted molar refractivity (Wildman–Crippen MR) is 97.7 cm³/mol. The number of carbonyl (C=O) groups is 1. The summed E-state index contributed by atoms with van der Waals surface area (Å²) in [6.07, 6.45) is 2.79. The van der Waals surface area contributed by atoms with Gasteiger partial charge in [-0.1, -0.05) is 18.2 Å². The lowest BCUT2D eigenvalue weighted by Crippen LogP contribution is -2.47. The lowest BCUT2D eigenvalue weighted by atomic mass is 10.00. The summed E-state index contributed by atoms with van der Waals surface area (Å²) >= 11 is 0. The van der Waals surface area contributed by atoms with Gasteiger partial charge in [0.2, 0.25) is 5.82 Å². The SMILES string of the molecule is COCCCN(C(=O)c1ccccc1-c1nn[nH]n1)C1CCN(C)CC1. The summed E-state index contributed by atoms with van der Waals surface area (Å²) in [6.45, 7) is 3.33. The molecule has 0 saturated carbocycles. The van der Waals surface area contributed by atoms with Crippen LogP contribution in [0.15, 0.2) is 24.3 Å². The molecule has 0 bridgehead atoms. The number of methoxy groups -OCH3 is 1. The Morgan fingerprint density at radius 2 is 2.12 bits per heavy atom. The van der Waals surface area contributed by atoms with E-state index in [2.05, 4.69) is 32.6 Å². The second-order valence-electron chi connectivity index (χ2n) is 6.66. The highest BCUT2D eigenvalue weighted by Gasteiger charge is 2.29. The van der Waals surface area contributed by atoms with E-state index in [-0.39, 0.29) is 11.9 Å². The van der Waals surface area contributed by atoms with Crippen molar-refractivity contribution < 1.29 is 9.53 Å². The highest BCUT2D eigenvalue weighted by molar-refractivity contribution is 6.00. The van der Waals surface area contributed by atoms with E-state index in [9.17, 15) is 4.79 Å². The number of nitrogens with zero attached hydrogens (tertiary/aromatic N) is 5. The first-order valence-electron chi connectivity index (χ1n) is 9.02. The maximum absolute atomic E-state index is 13.4. The summed E-state index contributed by atoms with van der Waals surface area (Å²) < 4.78 is 5.19. The van der Waals surface area contributed by atoms with E-state index in [1.807, 2.05) is 29.2 Å². The number of benzene rings is 1. The molecule has 1 aromatic carbocycles. The monoisotopic (exact) mass is 358 g/mol. The summed E-state index contributed by atoms with van der Waals surface area (Å²) in [7, 11) is 3.81. The smallest absolute Gasteiger partial charge is 0.254 e. The summed E-state index contributed by atoms with van der Waals surface area (Å²) in [5.74, 6) is 0.463. The summed E-state index contributed by atoms with van der Waals surface area (Å²) in [6, 6.07) is 7.70. The van der Waals surface area contributed by atoms with Crippen LogP contribution in [0.25, 0.3) is 11.4 Å². The molecule has 1 aromatic heterocycles. The third kappa shape index (κ3) is 4.25. The predicted octanol–water partition coefficient (Wildman–Crippen LogP) is 1.44. The Morgan fingerprint density at radius 1 is 1.35 bits per heavy atom. The number of piperidine rings is 1. The van der Waals surface area contributed by atoms with Crippen LogP contribution in [-0.2, 0) is 4.74 Å². The van der Waals surface area contributed by atoms with E-state index in [0.717, 1.165) is 32.4 Å². The van der Waals surface area contributed by atoms with Gasteiger partial charge in [0.05, 0.1) is 5.56 Å². The summed E-state index contributed by atoms with van der Waals surface area (Å²) in [5, 5.41) is 14.2. The van der Waals surface area contributed by atoms with Crippen molar-refractivity contribution in [1.29, 1.82) is 0 Å². The van der Waals surface area contributed by atoms with E-state index in [1.165, 1.54) is 0 Å². The summed E-state index contributed by atoms with van der Waals surface area (Å²) in [4.78, 5) is 17.7. The molecule has 0 unspecified atom stereocenters. The number of hydrogen-bond acceptors (Lipinski definition) is 6. The minimum Gasteiger partial charge on any atom is -0.385 e. The van der Waals surface area contributed by atoms with Crippen LogP contribution in [0.1, 0.15) is 29.6 Å². The molecule has 0 spiro atoms. The third-order valence-electron chi connectivity index (χ3n) is 4.88. The first-order chi connectivity index (χ1) is 12.7. The number of tetrazole rings is 1. The van der Waals surface area contributed by atoms with Gasteiger partial charge in [0.1, 0.15) is 0 Å². The van der Waals surface area contributed by atoms with Crippen molar-refractivity contribution in [3.63, 3.8) is 0 Å². The van der Waals surface area contributed by atoms with Gasteiger partial charge in [-0.15, -0.1) is 10.2 Å². The molecule has 8 nitrogen and oxygen atoms in total. The van der Waals surface area contributed by atoms with Crippen LogP contribution >= 0.6 is 0 Å². The number of amides is 1. The Morgan fingerprint density at radius 3 is 2.81 bits per heavy atom. The van der Waals surface area contributed by atoms with Crippen molar-refractivity contribution in [2.24, 2.45) is 0 Å². The van der Waals surface area contributed by atoms with E-state index < -0.39 is 0 Å². The minimum absolute atomic E-state index is 0.0241. The van der Waals surface area contributed by atoms with E-state index in [0.29, 0.717) is 30.1 Å². The molecule has 0 aliphatic carbocycles. The molecule has 0 radical (unpaired) electrons. The zero-order chi connectivity index (χ0) is 18.4. The van der Waals surface area contributed by atoms with Crippen LogP contribution in [0, 0.1) is 0 Å². The highest BCUT2D eigenvalue weighted by Crippen LogP contribution is 2.24. The standard InChI is InChI=1S/C18H26N6O2/c1-23-11-8-14(9-12-23)24(10-5-13-26-2)18(25)16-7-4-3-6-15(16)17-19-21-22-20-17/h3-4,6-7,14H,5,8-13H2,1-2H3,(H,19,20,21,22). The van der Waals surface area contributed by atoms with Gasteiger partial charge in [-0.2, -0.15) is 5.21 Å². The van der Waals surface area contributed by atoms with Crippen molar-refractivity contribution in [2.75, 3.05) is 40.4 Å². The number of H-pyrrole nitrogens is 1. The van der Waals surface area contributed by atoms with Crippen LogP contribution in [0.2, 0.25) is 0 Å². The van der Waals surface area contributed by atoms with Crippen molar-refractivity contribution in [2.45, 2.75) is 25.3 Å². The topological polar surface area (TPSA) is 87.2 Å². The molecule has 2 heterocycles. The molecule has 3 rings (SSSR count). The average molecular weight is 358 g/mol. The number of aromatic amines is 1. The molecular weight excluding hydrogens is 332 g/mol. The second-order valence-corrected chi connectivity index (χ2v) is 6.66. The van der Waals surface area contributed by atoms with Crippen molar-refractivity contribution >= 4 is 5.91 Å². The fourth-order valence-corrected chi connectivity index (χ4v) is 3.43. The fraction of sp³-hybridized carbons (Fsp3) is 0.556. The van der Waals surface area contributed by atoms with Crippen LogP contribution in [0.5, 0.6) is 0 Å². The van der Waals surface area contributed by atoms with Gasteiger partial charge in [0.25, 0.3) is 5.91 Å². The van der Waals surface area contributed by atoms with E-state index >= 15 is 0 Å². The van der Waals surface area contributed by atoms with Gasteiger partial charge in [0.15, 0.2) is 0 Å². The Kier molecular flexibility index (Phi) is 6.30. The Labute approximate surface area is 153 Å². The maximum atomic E-state index is 13.4. The largest absolute Gasteiger partial charge is 0.385 e. The van der Waals surface area contributed by atoms with Crippen LogP contribution in [0.3, 0.4) is 0 Å². The molecule has 2 aromatic rings. The van der Waals surface area contributed by atoms with Crippen LogP contribution in [-0.4, -0.2) is 82.8 Å². The van der Waals surface area contributed by atoms with Crippen LogP contribution in [0.4, 0.5) is 0 Å². The lowest BCUT2D eigenvalue weighted by molar-refractivity contribution is 0.0565. The average Bonchev–Trinajstić information content (AvgIpc) is 3.20. The molecule has 1 fully saturated rings. The maximum Gasteiger partial charge on any atom is 0.254 e. The molecule has 8 heteroatoms. The quantitative estimate of drug-likeness (QED) is 0.754. The number of aromatic nitrogens is 4. The molecule has 1 saturated heterocycles. The summed E-state index contributed by atoms with van der Waals surface area (Å²) in [5.41, 5.74) is 1.32. The van der Waals surface area contributed by atoms with E-state index in [1.54, 1.807) is 7.11 Å².